The van der Waals surface area contributed by atoms with E-state index < -0.39 is 0 Å². The number of fused-ring (bicyclic) bond motifs is 10. The van der Waals surface area contributed by atoms with Crippen molar-refractivity contribution >= 4 is 43.6 Å². The molecule has 3 nitrogen and oxygen atoms in total. The van der Waals surface area contributed by atoms with E-state index in [9.17, 15) is 0 Å². The van der Waals surface area contributed by atoms with Gasteiger partial charge >= 0.3 is 0 Å². The summed E-state index contributed by atoms with van der Waals surface area (Å²) in [6.45, 7) is 4.75. The highest BCUT2D eigenvalue weighted by Gasteiger charge is 2.39. The molecular formula is C33H25N3. The second-order valence-electron chi connectivity index (χ2n) is 10.5. The zero-order chi connectivity index (χ0) is 24.2. The second-order valence-corrected chi connectivity index (χ2v) is 10.5. The van der Waals surface area contributed by atoms with Gasteiger partial charge in [-0.15, -0.1) is 0 Å². The predicted molar refractivity (Wildman–Crippen MR) is 150 cm³/mol. The lowest BCUT2D eigenvalue weighted by Gasteiger charge is -2.23. The molecule has 36 heavy (non-hydrogen) atoms. The fraction of sp³-hybridized carbons (Fsp3) is 0.121. The maximum absolute atomic E-state index is 5.15. The van der Waals surface area contributed by atoms with Gasteiger partial charge in [0.2, 0.25) is 5.95 Å². The molecule has 0 atom stereocenters. The summed E-state index contributed by atoms with van der Waals surface area (Å²) in [5.41, 5.74) is 9.95. The van der Waals surface area contributed by atoms with Gasteiger partial charge in [-0.1, -0.05) is 92.7 Å². The van der Waals surface area contributed by atoms with Gasteiger partial charge in [-0.2, -0.15) is 0 Å². The van der Waals surface area contributed by atoms with Crippen LogP contribution in [0.5, 0.6) is 0 Å². The van der Waals surface area contributed by atoms with Gasteiger partial charge in [-0.05, 0) is 45.7 Å². The highest BCUT2D eigenvalue weighted by Crippen LogP contribution is 2.54. The minimum Gasteiger partial charge on any atom is -0.313 e. The van der Waals surface area contributed by atoms with Crippen molar-refractivity contribution in [3.8, 4) is 17.1 Å². The number of aromatic nitrogens is 3. The monoisotopic (exact) mass is 463 g/mol. The molecule has 0 spiro atoms. The van der Waals surface area contributed by atoms with Crippen molar-refractivity contribution in [1.82, 2.24) is 14.1 Å². The van der Waals surface area contributed by atoms with Crippen molar-refractivity contribution in [2.45, 2.75) is 19.3 Å². The Bertz CT molecular complexity index is 2030. The molecule has 2 heterocycles. The van der Waals surface area contributed by atoms with Crippen molar-refractivity contribution in [3.63, 3.8) is 0 Å². The Balaban J connectivity index is 1.60. The fourth-order valence-corrected chi connectivity index (χ4v) is 6.68. The normalized spacial score (nSPS) is 14.2. The predicted octanol–water partition coefficient (Wildman–Crippen LogP) is 8.13. The summed E-state index contributed by atoms with van der Waals surface area (Å²) in [6, 6.07) is 35.2. The summed E-state index contributed by atoms with van der Waals surface area (Å²) >= 11 is 0. The van der Waals surface area contributed by atoms with E-state index >= 15 is 0 Å². The Kier molecular flexibility index (Phi) is 3.67. The molecule has 0 aliphatic heterocycles. The van der Waals surface area contributed by atoms with Gasteiger partial charge in [0.05, 0.1) is 22.1 Å². The minimum atomic E-state index is -0.104. The smallest absolute Gasteiger partial charge is 0.215 e. The molecule has 7 aromatic rings. The molecule has 3 heteroatoms. The Morgan fingerprint density at radius 2 is 1.39 bits per heavy atom. The van der Waals surface area contributed by atoms with Crippen LogP contribution >= 0.6 is 0 Å². The number of aryl methyl sites for hydroxylation is 1. The third kappa shape index (κ3) is 2.31. The minimum absolute atomic E-state index is 0.104. The van der Waals surface area contributed by atoms with Crippen LogP contribution in [0.1, 0.15) is 25.0 Å². The zero-order valence-electron chi connectivity index (χ0n) is 20.6. The van der Waals surface area contributed by atoms with Crippen LogP contribution in [0.25, 0.3) is 60.7 Å². The molecule has 172 valence electrons. The number of hydrogen-bond donors (Lipinski definition) is 0. The van der Waals surface area contributed by atoms with Crippen molar-refractivity contribution in [2.75, 3.05) is 0 Å². The van der Waals surface area contributed by atoms with E-state index in [0.29, 0.717) is 0 Å². The van der Waals surface area contributed by atoms with Gasteiger partial charge < -0.3 is 4.57 Å². The zero-order valence-corrected chi connectivity index (χ0v) is 20.6. The van der Waals surface area contributed by atoms with Gasteiger partial charge in [0.15, 0.2) is 0 Å². The number of rotatable bonds is 1. The molecular weight excluding hydrogens is 438 g/mol. The number of imidazole rings is 1. The van der Waals surface area contributed by atoms with E-state index in [1.165, 1.54) is 54.8 Å². The van der Waals surface area contributed by atoms with Crippen LogP contribution in [0.2, 0.25) is 0 Å². The molecule has 0 unspecified atom stereocenters. The lowest BCUT2D eigenvalue weighted by Crippen LogP contribution is -2.15. The first-order valence-electron chi connectivity index (χ1n) is 12.6. The van der Waals surface area contributed by atoms with Gasteiger partial charge in [-0.25, -0.2) is 4.98 Å². The maximum Gasteiger partial charge on any atom is 0.215 e. The molecule has 1 aliphatic rings. The average molecular weight is 464 g/mol. The Hall–Kier alpha value is -4.37. The SMILES string of the molecule is Cn1c(-n2c3ccccc3c3ccc4c(c32)-c2ccc3ccccc3c2C4(C)C)nc2ccccc21. The first-order valence-corrected chi connectivity index (χ1v) is 12.6. The van der Waals surface area contributed by atoms with E-state index in [2.05, 4.69) is 127 Å². The number of nitrogens with zero attached hydrogens (tertiary/aromatic N) is 3. The quantitative estimate of drug-likeness (QED) is 0.241. The van der Waals surface area contributed by atoms with Crippen molar-refractivity contribution in [1.29, 1.82) is 0 Å². The van der Waals surface area contributed by atoms with Gasteiger partial charge in [0.1, 0.15) is 0 Å². The molecule has 5 aromatic carbocycles. The van der Waals surface area contributed by atoms with Crippen LogP contribution in [-0.2, 0) is 12.5 Å². The summed E-state index contributed by atoms with van der Waals surface area (Å²) in [4.78, 5) is 5.15. The van der Waals surface area contributed by atoms with E-state index in [-0.39, 0.29) is 5.41 Å². The summed E-state index contributed by atoms with van der Waals surface area (Å²) < 4.78 is 4.62. The number of para-hydroxylation sites is 3. The first-order chi connectivity index (χ1) is 17.6. The molecule has 0 fully saturated rings. The van der Waals surface area contributed by atoms with E-state index in [4.69, 9.17) is 4.98 Å². The fourth-order valence-electron chi connectivity index (χ4n) is 6.68. The van der Waals surface area contributed by atoms with E-state index in [1.54, 1.807) is 0 Å². The highest BCUT2D eigenvalue weighted by molar-refractivity contribution is 6.16. The van der Waals surface area contributed by atoms with E-state index in [0.717, 1.165) is 17.0 Å². The van der Waals surface area contributed by atoms with Crippen molar-refractivity contribution in [3.05, 3.63) is 108 Å². The van der Waals surface area contributed by atoms with E-state index in [1.807, 2.05) is 0 Å². The maximum atomic E-state index is 5.15. The average Bonchev–Trinajstić information content (AvgIpc) is 3.49. The van der Waals surface area contributed by atoms with Gasteiger partial charge in [0.25, 0.3) is 0 Å². The van der Waals surface area contributed by atoms with Gasteiger partial charge in [-0.3, -0.25) is 4.57 Å². The molecule has 0 N–H and O–H groups in total. The topological polar surface area (TPSA) is 22.8 Å². The van der Waals surface area contributed by atoms with Crippen LogP contribution in [-0.4, -0.2) is 14.1 Å². The molecule has 1 aliphatic carbocycles. The number of benzene rings is 5. The Morgan fingerprint density at radius 1 is 0.667 bits per heavy atom. The third-order valence-corrected chi connectivity index (χ3v) is 8.30. The molecule has 2 aromatic heterocycles. The third-order valence-electron chi connectivity index (χ3n) is 8.30. The largest absolute Gasteiger partial charge is 0.313 e. The molecule has 0 radical (unpaired) electrons. The van der Waals surface area contributed by atoms with Crippen LogP contribution < -0.4 is 0 Å². The van der Waals surface area contributed by atoms with Crippen molar-refractivity contribution < 1.29 is 0 Å². The highest BCUT2D eigenvalue weighted by atomic mass is 15.2. The molecule has 0 saturated heterocycles. The second kappa shape index (κ2) is 6.64. The standard InChI is InChI=1S/C33H25N3/c1-33(2)25-19-18-23-22-12-6-8-14-27(22)36(32-34-26-13-7-9-15-28(26)35(32)3)31(23)29(25)24-17-16-20-10-4-5-11-21(20)30(24)33/h4-19H,1-3H3. The molecule has 0 bridgehead atoms. The summed E-state index contributed by atoms with van der Waals surface area (Å²) in [7, 11) is 2.12. The first kappa shape index (κ1) is 19.9. The summed E-state index contributed by atoms with van der Waals surface area (Å²) in [5, 5.41) is 5.17. The molecule has 0 saturated carbocycles. The van der Waals surface area contributed by atoms with Gasteiger partial charge in [0, 0.05) is 28.8 Å². The lowest BCUT2D eigenvalue weighted by molar-refractivity contribution is 0.666. The van der Waals surface area contributed by atoms with Crippen LogP contribution in [0, 0.1) is 0 Å². The Labute approximate surface area is 209 Å². The Morgan fingerprint density at radius 3 is 2.22 bits per heavy atom. The van der Waals surface area contributed by atoms with Crippen molar-refractivity contribution in [2.24, 2.45) is 7.05 Å². The van der Waals surface area contributed by atoms with Crippen LogP contribution in [0.3, 0.4) is 0 Å². The van der Waals surface area contributed by atoms with Crippen LogP contribution in [0.15, 0.2) is 97.1 Å². The molecule has 8 rings (SSSR count). The number of hydrogen-bond acceptors (Lipinski definition) is 1. The summed E-state index contributed by atoms with van der Waals surface area (Å²) in [6.07, 6.45) is 0. The lowest BCUT2D eigenvalue weighted by atomic mass is 9.80. The molecule has 0 amide bonds. The van der Waals surface area contributed by atoms with Crippen LogP contribution in [0.4, 0.5) is 0 Å². The summed E-state index contributed by atoms with van der Waals surface area (Å²) in [5.74, 6) is 0.947.